The topological polar surface area (TPSA) is 257 Å². The van der Waals surface area contributed by atoms with Crippen LogP contribution in [0.4, 0.5) is 11.4 Å². The van der Waals surface area contributed by atoms with Crippen LogP contribution in [0.15, 0.2) is 58.2 Å². The van der Waals surface area contributed by atoms with E-state index in [-0.39, 0.29) is 21.7 Å². The number of aliphatic hydroxyl groups is 4. The largest absolute Gasteiger partial charge is 0.508 e. The van der Waals surface area contributed by atoms with Gasteiger partial charge in [0.15, 0.2) is 21.2 Å². The Kier molecular flexibility index (Phi) is 8.45. The van der Waals surface area contributed by atoms with E-state index in [1.165, 1.54) is 56.3 Å². The van der Waals surface area contributed by atoms with E-state index in [0.717, 1.165) is 6.26 Å². The number of hydrogen-bond donors (Lipinski definition) is 8. The summed E-state index contributed by atoms with van der Waals surface area (Å²) in [5.74, 6) is -11.0. The number of primary amides is 1. The number of nitrogens with one attached hydrogen (secondary N) is 2. The molecule has 3 aliphatic carbocycles. The number of carbonyl (C=O) groups is 4. The molecule has 9 N–H and O–H groups in total. The maximum Gasteiger partial charge on any atom is 0.255 e. The van der Waals surface area contributed by atoms with Crippen molar-refractivity contribution in [3.63, 3.8) is 0 Å². The van der Waals surface area contributed by atoms with Gasteiger partial charge in [0.1, 0.15) is 28.9 Å². The fourth-order valence-corrected chi connectivity index (χ4v) is 7.76. The molecule has 2 aromatic rings. The second-order valence-electron chi connectivity index (χ2n) is 12.6. The molecule has 0 bridgehead atoms. The third kappa shape index (κ3) is 5.11. The Hall–Kier alpha value is -4.77. The minimum atomic E-state index is -3.51. The maximum atomic E-state index is 14.2. The number of ketones is 2. The number of benzene rings is 2. The zero-order valence-electron chi connectivity index (χ0n) is 26.5. The molecule has 5 unspecified atom stereocenters. The predicted molar refractivity (Wildman–Crippen MR) is 172 cm³/mol. The van der Waals surface area contributed by atoms with Crippen molar-refractivity contribution in [2.24, 2.45) is 17.6 Å². The van der Waals surface area contributed by atoms with Crippen LogP contribution in [0.1, 0.15) is 30.9 Å². The van der Waals surface area contributed by atoms with Crippen molar-refractivity contribution in [2.45, 2.75) is 48.4 Å². The van der Waals surface area contributed by atoms with E-state index < -0.39 is 103 Å². The monoisotopic (exact) mass is 684 g/mol. The number of phenols is 1. The summed E-state index contributed by atoms with van der Waals surface area (Å²) in [5.41, 5.74) is 0.835. The molecular weight excluding hydrogens is 648 g/mol. The number of nitrogens with two attached hydrogens (primary N) is 1. The van der Waals surface area contributed by atoms with Gasteiger partial charge in [-0.15, -0.1) is 0 Å². The number of hydrogen-bond acceptors (Lipinski definition) is 13. The lowest BCUT2D eigenvalue weighted by Gasteiger charge is -2.53. The third-order valence-corrected chi connectivity index (χ3v) is 10.5. The maximum absolute atomic E-state index is 14.2. The normalized spacial score (nSPS) is 27.6. The van der Waals surface area contributed by atoms with Crippen LogP contribution in [0.25, 0.3) is 5.76 Å². The molecule has 16 heteroatoms. The molecule has 5 rings (SSSR count). The smallest absolute Gasteiger partial charge is 0.255 e. The highest BCUT2D eigenvalue weighted by Gasteiger charge is 2.68. The standard InChI is InChI=1S/C32H36N4O11S/c1-12-16-9-10-17(35-31(44)13(2)34-14-7-6-8-15(11-14)48(5,46)47)24(37)19(16)25(38)20-18(12)26(39)22-23(36(3)4)27(40)21(30(33)43)29(42)32(22,45)28(20)41/h6-13,18,22-23,26,34,37-39,42,45H,1-5H3,(H2,33,43)(H,35,44)/t12?,13?,18?,22?,23-,26?,32-/m0/s1. The van der Waals surface area contributed by atoms with Crippen LogP contribution in [0.2, 0.25) is 0 Å². The first-order valence-corrected chi connectivity index (χ1v) is 16.7. The second kappa shape index (κ2) is 11.7. The Bertz CT molecular complexity index is 1950. The number of rotatable bonds is 7. The van der Waals surface area contributed by atoms with Gasteiger partial charge in [-0.25, -0.2) is 8.42 Å². The van der Waals surface area contributed by atoms with Crippen molar-refractivity contribution in [1.82, 2.24) is 4.90 Å². The summed E-state index contributed by atoms with van der Waals surface area (Å²) in [5, 5.41) is 62.8. The van der Waals surface area contributed by atoms with E-state index in [1.807, 2.05) is 0 Å². The zero-order valence-corrected chi connectivity index (χ0v) is 27.4. The summed E-state index contributed by atoms with van der Waals surface area (Å²) >= 11 is 0. The Balaban J connectivity index is 1.55. The van der Waals surface area contributed by atoms with Crippen molar-refractivity contribution in [3.8, 4) is 5.75 Å². The van der Waals surface area contributed by atoms with Crippen molar-refractivity contribution in [1.29, 1.82) is 0 Å². The number of phenolic OH excluding ortho intramolecular Hbond substituents is 1. The molecule has 0 radical (unpaired) electrons. The minimum absolute atomic E-state index is 0.0356. The quantitative estimate of drug-likeness (QED) is 0.145. The summed E-state index contributed by atoms with van der Waals surface area (Å²) < 4.78 is 23.8. The summed E-state index contributed by atoms with van der Waals surface area (Å²) in [7, 11) is -0.676. The van der Waals surface area contributed by atoms with Crippen LogP contribution in [0.3, 0.4) is 0 Å². The number of sulfone groups is 1. The van der Waals surface area contributed by atoms with E-state index in [0.29, 0.717) is 5.69 Å². The van der Waals surface area contributed by atoms with Gasteiger partial charge in [-0.05, 0) is 56.8 Å². The summed E-state index contributed by atoms with van der Waals surface area (Å²) in [6.07, 6.45) is -0.695. The lowest BCUT2D eigenvalue weighted by atomic mass is 9.54. The van der Waals surface area contributed by atoms with Gasteiger partial charge >= 0.3 is 0 Å². The molecule has 7 atom stereocenters. The number of likely N-dealkylation sites (N-methyl/N-ethyl adjacent to an activating group) is 1. The number of amides is 2. The highest BCUT2D eigenvalue weighted by molar-refractivity contribution is 7.90. The molecule has 15 nitrogen and oxygen atoms in total. The van der Waals surface area contributed by atoms with E-state index in [4.69, 9.17) is 5.73 Å². The molecule has 2 amide bonds. The first-order chi connectivity index (χ1) is 22.2. The molecule has 0 aromatic heterocycles. The Morgan fingerprint density at radius 3 is 2.31 bits per heavy atom. The number of aromatic hydroxyl groups is 1. The average Bonchev–Trinajstić information content (AvgIpc) is 2.99. The first-order valence-electron chi connectivity index (χ1n) is 14.8. The van der Waals surface area contributed by atoms with Gasteiger partial charge in [-0.3, -0.25) is 24.1 Å². The number of fused-ring (bicyclic) bond motifs is 3. The summed E-state index contributed by atoms with van der Waals surface area (Å²) in [6, 6.07) is 6.21. The summed E-state index contributed by atoms with van der Waals surface area (Å²) in [6.45, 7) is 3.07. The molecule has 2 aromatic carbocycles. The van der Waals surface area contributed by atoms with Crippen LogP contribution < -0.4 is 16.4 Å². The van der Waals surface area contributed by atoms with E-state index in [1.54, 1.807) is 13.0 Å². The SMILES string of the molecule is CC(Nc1cccc(S(C)(=O)=O)c1)C(=O)Nc1ccc2c(c1O)C(O)=C1C(=O)[C@]3(O)C(O)=C(C(N)=O)C(=O)[C@@H](N(C)C)C3C(O)C1C2C. The lowest BCUT2D eigenvalue weighted by molar-refractivity contribution is -0.169. The van der Waals surface area contributed by atoms with Crippen molar-refractivity contribution >= 4 is 50.4 Å². The van der Waals surface area contributed by atoms with Gasteiger partial charge in [-0.1, -0.05) is 19.1 Å². The molecule has 256 valence electrons. The molecule has 1 fully saturated rings. The van der Waals surface area contributed by atoms with Gasteiger partial charge < -0.3 is 41.9 Å². The molecular formula is C32H36N4O11S. The van der Waals surface area contributed by atoms with Crippen LogP contribution in [-0.4, -0.2) is 106 Å². The van der Waals surface area contributed by atoms with E-state index in [9.17, 15) is 53.1 Å². The van der Waals surface area contributed by atoms with E-state index >= 15 is 0 Å². The van der Waals surface area contributed by atoms with Crippen molar-refractivity contribution in [2.75, 3.05) is 31.0 Å². The molecule has 0 saturated heterocycles. The fraction of sp³-hybridized carbons (Fsp3) is 0.375. The molecule has 3 aliphatic rings. The zero-order chi connectivity index (χ0) is 35.8. The average molecular weight is 685 g/mol. The molecule has 0 heterocycles. The van der Waals surface area contributed by atoms with Gasteiger partial charge in [0.2, 0.25) is 11.7 Å². The van der Waals surface area contributed by atoms with Crippen LogP contribution >= 0.6 is 0 Å². The van der Waals surface area contributed by atoms with Crippen LogP contribution in [0, 0.1) is 11.8 Å². The molecule has 0 spiro atoms. The number of anilines is 2. The second-order valence-corrected chi connectivity index (χ2v) is 14.6. The highest BCUT2D eigenvalue weighted by atomic mass is 32.2. The Morgan fingerprint density at radius 2 is 1.73 bits per heavy atom. The minimum Gasteiger partial charge on any atom is -0.508 e. The number of nitrogens with zero attached hydrogens (tertiary/aromatic N) is 1. The number of Topliss-reactive ketones (excluding diaryl/α,β-unsaturated/α-hetero) is 2. The molecule has 0 aliphatic heterocycles. The lowest BCUT2D eigenvalue weighted by Crippen LogP contribution is -2.70. The number of carbonyl (C=O) groups excluding carboxylic acids is 4. The predicted octanol–water partition coefficient (Wildman–Crippen LogP) is 0.338. The van der Waals surface area contributed by atoms with E-state index in [2.05, 4.69) is 10.6 Å². The third-order valence-electron chi connectivity index (χ3n) is 9.43. The highest BCUT2D eigenvalue weighted by Crippen LogP contribution is 2.56. The Labute approximate surface area is 275 Å². The molecule has 48 heavy (non-hydrogen) atoms. The Morgan fingerprint density at radius 1 is 1.08 bits per heavy atom. The number of aliphatic hydroxyl groups excluding tert-OH is 3. The van der Waals surface area contributed by atoms with Crippen LogP contribution in [-0.2, 0) is 29.0 Å². The van der Waals surface area contributed by atoms with Gasteiger partial charge in [0, 0.05) is 23.4 Å². The fourth-order valence-electron chi connectivity index (χ4n) is 7.09. The summed E-state index contributed by atoms with van der Waals surface area (Å²) in [4.78, 5) is 54.1. The first kappa shape index (κ1) is 34.6. The van der Waals surface area contributed by atoms with Crippen molar-refractivity contribution in [3.05, 3.63) is 64.4 Å². The van der Waals surface area contributed by atoms with Gasteiger partial charge in [0.05, 0.1) is 34.2 Å². The van der Waals surface area contributed by atoms with Crippen molar-refractivity contribution < 1.29 is 53.1 Å². The van der Waals surface area contributed by atoms with Crippen LogP contribution in [0.5, 0.6) is 5.75 Å². The van der Waals surface area contributed by atoms with Gasteiger partial charge in [0.25, 0.3) is 5.91 Å². The molecule has 1 saturated carbocycles. The van der Waals surface area contributed by atoms with Gasteiger partial charge in [-0.2, -0.15) is 0 Å².